The number of nitrogens with one attached hydrogen (secondary N) is 1. The van der Waals surface area contributed by atoms with Gasteiger partial charge in [-0.25, -0.2) is 0 Å². The zero-order valence-electron chi connectivity index (χ0n) is 15.6. The summed E-state index contributed by atoms with van der Waals surface area (Å²) in [5.74, 6) is 2.09. The molecule has 1 aromatic heterocycles. The summed E-state index contributed by atoms with van der Waals surface area (Å²) < 4.78 is 10.5. The average Bonchev–Trinajstić information content (AvgIpc) is 3.17. The van der Waals surface area contributed by atoms with Crippen LogP contribution in [0.15, 0.2) is 47.0 Å². The lowest BCUT2D eigenvalue weighted by Gasteiger charge is -2.10. The van der Waals surface area contributed by atoms with Gasteiger partial charge in [0.25, 0.3) is 0 Å². The highest BCUT2D eigenvalue weighted by Gasteiger charge is 2.12. The summed E-state index contributed by atoms with van der Waals surface area (Å²) >= 11 is 7.36. The Morgan fingerprint density at radius 1 is 1.25 bits per heavy atom. The number of anilines is 1. The van der Waals surface area contributed by atoms with E-state index in [1.165, 1.54) is 24.4 Å². The second-order valence-electron chi connectivity index (χ2n) is 5.95. The lowest BCUT2D eigenvalue weighted by molar-refractivity contribution is -0.113. The molecule has 0 unspecified atom stereocenters. The molecular formula is C20H20ClN3O3S. The molecule has 0 aliphatic heterocycles. The van der Waals surface area contributed by atoms with Gasteiger partial charge in [0.1, 0.15) is 5.75 Å². The molecule has 0 radical (unpaired) electrons. The summed E-state index contributed by atoms with van der Waals surface area (Å²) in [6, 6.07) is 13.1. The van der Waals surface area contributed by atoms with Crippen LogP contribution in [0.2, 0.25) is 5.02 Å². The first-order valence-electron chi connectivity index (χ1n) is 8.72. The normalized spacial score (nSPS) is 10.7. The molecular weight excluding hydrogens is 398 g/mol. The van der Waals surface area contributed by atoms with E-state index in [0.29, 0.717) is 33.9 Å². The van der Waals surface area contributed by atoms with Gasteiger partial charge in [-0.15, -0.1) is 11.8 Å². The molecule has 3 aromatic rings. The fourth-order valence-electron chi connectivity index (χ4n) is 2.52. The molecule has 0 aliphatic rings. The van der Waals surface area contributed by atoms with Crippen molar-refractivity contribution in [2.75, 3.05) is 18.2 Å². The summed E-state index contributed by atoms with van der Waals surface area (Å²) in [5.41, 5.74) is 2.70. The predicted octanol–water partition coefficient (Wildman–Crippen LogP) is 4.83. The van der Waals surface area contributed by atoms with Crippen molar-refractivity contribution < 1.29 is 14.1 Å². The third-order valence-electron chi connectivity index (χ3n) is 3.98. The zero-order chi connectivity index (χ0) is 19.9. The van der Waals surface area contributed by atoms with Crippen LogP contribution in [-0.4, -0.2) is 28.9 Å². The topological polar surface area (TPSA) is 77.2 Å². The quantitative estimate of drug-likeness (QED) is 0.565. The highest BCUT2D eigenvalue weighted by Crippen LogP contribution is 2.28. The molecule has 0 spiro atoms. The van der Waals surface area contributed by atoms with Crippen LogP contribution in [0.1, 0.15) is 18.4 Å². The van der Waals surface area contributed by atoms with Gasteiger partial charge < -0.3 is 14.6 Å². The number of aromatic nitrogens is 2. The molecule has 0 saturated carbocycles. The van der Waals surface area contributed by atoms with Gasteiger partial charge >= 0.3 is 0 Å². The van der Waals surface area contributed by atoms with E-state index in [-0.39, 0.29) is 11.7 Å². The van der Waals surface area contributed by atoms with Crippen molar-refractivity contribution >= 4 is 35.0 Å². The summed E-state index contributed by atoms with van der Waals surface area (Å²) in [6.07, 6.45) is 0.984. The van der Waals surface area contributed by atoms with Crippen LogP contribution >= 0.6 is 23.4 Å². The van der Waals surface area contributed by atoms with E-state index in [1.54, 1.807) is 18.2 Å². The Kier molecular flexibility index (Phi) is 6.95. The maximum atomic E-state index is 12.2. The first-order chi connectivity index (χ1) is 13.6. The van der Waals surface area contributed by atoms with E-state index in [0.717, 1.165) is 12.0 Å². The van der Waals surface area contributed by atoms with Gasteiger partial charge in [0.2, 0.25) is 17.6 Å². The van der Waals surface area contributed by atoms with Crippen LogP contribution in [0.3, 0.4) is 0 Å². The van der Waals surface area contributed by atoms with Crippen LogP contribution in [0.25, 0.3) is 11.4 Å². The Bertz CT molecular complexity index is 944. The van der Waals surface area contributed by atoms with Gasteiger partial charge in [-0.2, -0.15) is 4.98 Å². The van der Waals surface area contributed by atoms with E-state index in [9.17, 15) is 4.79 Å². The van der Waals surface area contributed by atoms with Crippen molar-refractivity contribution in [2.24, 2.45) is 0 Å². The van der Waals surface area contributed by atoms with Crippen molar-refractivity contribution in [1.29, 1.82) is 0 Å². The lowest BCUT2D eigenvalue weighted by Crippen LogP contribution is -2.14. The Labute approximate surface area is 172 Å². The number of hydrogen-bond donors (Lipinski definition) is 1. The molecule has 0 bridgehead atoms. The van der Waals surface area contributed by atoms with Crippen molar-refractivity contribution in [1.82, 2.24) is 10.1 Å². The number of amides is 1. The minimum absolute atomic E-state index is 0.166. The largest absolute Gasteiger partial charge is 0.495 e. The van der Waals surface area contributed by atoms with Gasteiger partial charge in [0.15, 0.2) is 0 Å². The zero-order valence-corrected chi connectivity index (χ0v) is 17.1. The van der Waals surface area contributed by atoms with Gasteiger partial charge in [-0.1, -0.05) is 47.9 Å². The summed E-state index contributed by atoms with van der Waals surface area (Å²) in [5, 5.41) is 7.33. The number of ether oxygens (including phenoxy) is 1. The van der Waals surface area contributed by atoms with Crippen LogP contribution in [0.4, 0.5) is 5.69 Å². The number of carbonyl (C=O) groups excluding carboxylic acids is 1. The molecule has 146 valence electrons. The van der Waals surface area contributed by atoms with Crippen molar-refractivity contribution in [2.45, 2.75) is 19.1 Å². The number of nitrogens with zero attached hydrogens (tertiary/aromatic N) is 2. The van der Waals surface area contributed by atoms with Gasteiger partial charge in [0.05, 0.1) is 24.3 Å². The van der Waals surface area contributed by atoms with Gasteiger partial charge in [0, 0.05) is 10.6 Å². The standard InChI is InChI=1S/C20H20ClN3O3S/c1-3-13-4-6-14(7-5-13)20-23-19(27-24-20)12-28-11-18(25)22-16-10-15(21)8-9-17(16)26-2/h4-10H,3,11-12H2,1-2H3,(H,22,25). The first kappa shape index (κ1) is 20.2. The fraction of sp³-hybridized carbons (Fsp3) is 0.250. The molecule has 0 atom stereocenters. The van der Waals surface area contributed by atoms with E-state index in [1.807, 2.05) is 12.1 Å². The molecule has 2 aromatic carbocycles. The highest BCUT2D eigenvalue weighted by molar-refractivity contribution is 7.99. The highest BCUT2D eigenvalue weighted by atomic mass is 35.5. The number of hydrogen-bond acceptors (Lipinski definition) is 6. The molecule has 28 heavy (non-hydrogen) atoms. The maximum absolute atomic E-state index is 12.2. The number of methoxy groups -OCH3 is 1. The molecule has 1 heterocycles. The maximum Gasteiger partial charge on any atom is 0.236 e. The van der Waals surface area contributed by atoms with Gasteiger partial charge in [-0.05, 0) is 30.2 Å². The molecule has 1 amide bonds. The second-order valence-corrected chi connectivity index (χ2v) is 7.37. The van der Waals surface area contributed by atoms with Crippen molar-refractivity contribution in [3.8, 4) is 17.1 Å². The minimum atomic E-state index is -0.166. The van der Waals surface area contributed by atoms with E-state index in [4.69, 9.17) is 20.9 Å². The number of aryl methyl sites for hydroxylation is 1. The molecule has 1 N–H and O–H groups in total. The SMILES string of the molecule is CCc1ccc(-c2noc(CSCC(=O)Nc3cc(Cl)ccc3OC)n2)cc1. The molecule has 0 fully saturated rings. The number of carbonyl (C=O) groups is 1. The Morgan fingerprint density at radius 3 is 2.75 bits per heavy atom. The first-order valence-corrected chi connectivity index (χ1v) is 10.3. The van der Waals surface area contributed by atoms with Crippen molar-refractivity contribution in [3.63, 3.8) is 0 Å². The average molecular weight is 418 g/mol. The smallest absolute Gasteiger partial charge is 0.236 e. The van der Waals surface area contributed by atoms with Crippen LogP contribution in [0, 0.1) is 0 Å². The lowest BCUT2D eigenvalue weighted by atomic mass is 10.1. The third-order valence-corrected chi connectivity index (χ3v) is 5.14. The van der Waals surface area contributed by atoms with Crippen LogP contribution < -0.4 is 10.1 Å². The molecule has 3 rings (SSSR count). The van der Waals surface area contributed by atoms with Crippen molar-refractivity contribution in [3.05, 3.63) is 58.9 Å². The molecule has 6 nitrogen and oxygen atoms in total. The number of halogens is 1. The van der Waals surface area contributed by atoms with Crippen LogP contribution in [-0.2, 0) is 17.0 Å². The van der Waals surface area contributed by atoms with Gasteiger partial charge in [-0.3, -0.25) is 4.79 Å². The fourth-order valence-corrected chi connectivity index (χ4v) is 3.34. The van der Waals surface area contributed by atoms with Crippen LogP contribution in [0.5, 0.6) is 5.75 Å². The molecule has 0 aliphatic carbocycles. The summed E-state index contributed by atoms with van der Waals surface area (Å²) in [6.45, 7) is 2.11. The minimum Gasteiger partial charge on any atom is -0.495 e. The second kappa shape index (κ2) is 9.61. The number of thioether (sulfide) groups is 1. The number of benzene rings is 2. The summed E-state index contributed by atoms with van der Waals surface area (Å²) in [7, 11) is 1.54. The monoisotopic (exact) mass is 417 g/mol. The Morgan fingerprint density at radius 2 is 2.04 bits per heavy atom. The molecule has 0 saturated heterocycles. The molecule has 8 heteroatoms. The Balaban J connectivity index is 1.52. The third kappa shape index (κ3) is 5.27. The van der Waals surface area contributed by atoms with E-state index in [2.05, 4.69) is 34.5 Å². The Hall–Kier alpha value is -2.51. The van der Waals surface area contributed by atoms with E-state index >= 15 is 0 Å². The number of rotatable bonds is 8. The predicted molar refractivity (Wildman–Crippen MR) is 112 cm³/mol. The summed E-state index contributed by atoms with van der Waals surface area (Å²) in [4.78, 5) is 16.6. The van der Waals surface area contributed by atoms with E-state index < -0.39 is 0 Å².